The summed E-state index contributed by atoms with van der Waals surface area (Å²) in [6, 6.07) is 0. The Bertz CT molecular complexity index is 78.0. The van der Waals surface area contributed by atoms with E-state index < -0.39 is 0 Å². The first-order valence-electron chi connectivity index (χ1n) is 1.73. The normalized spacial score (nSPS) is 6.00. The summed E-state index contributed by atoms with van der Waals surface area (Å²) in [7, 11) is 5.16. The quantitative estimate of drug-likeness (QED) is 0.304. The zero-order chi connectivity index (χ0) is 4.24. The summed E-state index contributed by atoms with van der Waals surface area (Å²) in [6.07, 6.45) is 0. The van der Waals surface area contributed by atoms with E-state index in [1.165, 1.54) is 0 Å². The Morgan fingerprint density at radius 1 is 0.667 bits per heavy atom. The van der Waals surface area contributed by atoms with Crippen molar-refractivity contribution in [2.75, 3.05) is 0 Å². The van der Waals surface area contributed by atoms with E-state index in [1.54, 1.807) is 21.6 Å². The third-order valence-corrected chi connectivity index (χ3v) is 0.500. The van der Waals surface area contributed by atoms with Gasteiger partial charge in [0.2, 0.25) is 0 Å². The van der Waals surface area contributed by atoms with E-state index in [2.05, 4.69) is 14.4 Å². The maximum atomic E-state index is 2.78. The van der Waals surface area contributed by atoms with E-state index in [9.17, 15) is 0 Å². The Morgan fingerprint density at radius 2 is 1.00 bits per heavy atom. The summed E-state index contributed by atoms with van der Waals surface area (Å²) in [5.74, 6) is 0. The molecule has 0 aliphatic carbocycles. The van der Waals surface area contributed by atoms with Crippen molar-refractivity contribution in [1.82, 2.24) is 0 Å². The summed E-state index contributed by atoms with van der Waals surface area (Å²) in [5.41, 5.74) is 0. The molecule has 1 heterocycles. The summed E-state index contributed by atoms with van der Waals surface area (Å²) in [5, 5.41) is 0. The molecular formula is H3B3N3+3. The SMILES string of the molecule is b1[nH+]b[nH+]b[nH+]1. The molecule has 6 heavy (non-hydrogen) atoms. The van der Waals surface area contributed by atoms with Gasteiger partial charge in [0.25, 0.3) is 0 Å². The van der Waals surface area contributed by atoms with Gasteiger partial charge >= 0.3 is 36.0 Å². The molecule has 1 aromatic rings. The van der Waals surface area contributed by atoms with E-state index in [-0.39, 0.29) is 0 Å². The van der Waals surface area contributed by atoms with Crippen molar-refractivity contribution in [3.05, 3.63) is 0 Å². The minimum absolute atomic E-state index is 1.72. The topological polar surface area (TPSA) is 42.4 Å². The van der Waals surface area contributed by atoms with Crippen molar-refractivity contribution in [2.24, 2.45) is 0 Å². The van der Waals surface area contributed by atoms with E-state index in [0.717, 1.165) is 0 Å². The molecule has 0 spiro atoms. The van der Waals surface area contributed by atoms with Gasteiger partial charge in [-0.05, 0) is 0 Å². The Morgan fingerprint density at radius 3 is 1.17 bits per heavy atom. The van der Waals surface area contributed by atoms with Gasteiger partial charge in [0.15, 0.2) is 0 Å². The van der Waals surface area contributed by atoms with Gasteiger partial charge in [-0.2, -0.15) is 0 Å². The number of aromatic amines is 3. The third-order valence-electron chi connectivity index (χ3n) is 0.500. The first-order chi connectivity index (χ1) is 3.00. The van der Waals surface area contributed by atoms with E-state index in [1.807, 2.05) is 0 Å². The van der Waals surface area contributed by atoms with Gasteiger partial charge in [-0.1, -0.05) is 0 Å². The molecule has 0 saturated heterocycles. The molecule has 0 atom stereocenters. The molecule has 0 fully saturated rings. The molecule has 0 radical (unpaired) electrons. The van der Waals surface area contributed by atoms with Crippen LogP contribution in [0.15, 0.2) is 0 Å². The van der Waals surface area contributed by atoms with Crippen LogP contribution in [0.25, 0.3) is 0 Å². The minimum atomic E-state index is 1.72. The van der Waals surface area contributed by atoms with Crippen LogP contribution in [0, 0.1) is 0 Å². The fourth-order valence-corrected chi connectivity index (χ4v) is 0.269. The van der Waals surface area contributed by atoms with Crippen LogP contribution in [0.5, 0.6) is 0 Å². The fourth-order valence-electron chi connectivity index (χ4n) is 0.269. The Kier molecular flexibility index (Phi) is 1.19. The van der Waals surface area contributed by atoms with Crippen molar-refractivity contribution in [2.45, 2.75) is 0 Å². The molecule has 0 amide bonds. The summed E-state index contributed by atoms with van der Waals surface area (Å²) in [6.45, 7) is 0. The van der Waals surface area contributed by atoms with E-state index in [0.29, 0.717) is 0 Å². The zero-order valence-corrected chi connectivity index (χ0v) is 3.23. The second-order valence-electron chi connectivity index (χ2n) is 0.933. The zero-order valence-electron chi connectivity index (χ0n) is 3.23. The van der Waals surface area contributed by atoms with Crippen LogP contribution >= 0.6 is 0 Å². The Balaban J connectivity index is 3.00. The fraction of sp³-hybridized carbons (Fsp3) is 0. The van der Waals surface area contributed by atoms with Gasteiger partial charge in [-0.3, -0.25) is 0 Å². The number of hydrogen-bond donors (Lipinski definition) is 0. The predicted octanol–water partition coefficient (Wildman–Crippen LogP) is -3.86. The van der Waals surface area contributed by atoms with E-state index >= 15 is 0 Å². The predicted molar refractivity (Wildman–Crippen MR) is 20.2 cm³/mol. The van der Waals surface area contributed by atoms with Crippen molar-refractivity contribution >= 4 is 21.6 Å². The summed E-state index contributed by atoms with van der Waals surface area (Å²) >= 11 is 0. The average molecular weight is 77.5 g/mol. The number of H-pyrrole nitrogens is 3. The first kappa shape index (κ1) is 3.77. The molecule has 6 heteroatoms. The molecule has 0 aliphatic rings. The van der Waals surface area contributed by atoms with Crippen molar-refractivity contribution in [3.8, 4) is 0 Å². The molecule has 3 nitrogen and oxygen atoms in total. The Labute approximate surface area is 37.0 Å². The molecule has 1 aromatic heterocycles. The van der Waals surface area contributed by atoms with Crippen LogP contribution in [0.4, 0.5) is 0 Å². The number of hydrogen-bond acceptors (Lipinski definition) is 0. The molecule has 0 saturated carbocycles. The van der Waals surface area contributed by atoms with Gasteiger partial charge in [-0.25, -0.2) is 0 Å². The molecule has 0 aliphatic heterocycles. The molecule has 0 bridgehead atoms. The number of rotatable bonds is 0. The van der Waals surface area contributed by atoms with Crippen LogP contribution in [0.3, 0.4) is 0 Å². The summed E-state index contributed by atoms with van der Waals surface area (Å²) < 4.78 is 0. The van der Waals surface area contributed by atoms with Gasteiger partial charge in [0.1, 0.15) is 0 Å². The average Bonchev–Trinajstić information content (AvgIpc) is 1.72. The van der Waals surface area contributed by atoms with Crippen LogP contribution in [-0.4, -0.2) is 21.6 Å². The van der Waals surface area contributed by atoms with E-state index in [4.69, 9.17) is 0 Å². The van der Waals surface area contributed by atoms with Crippen LogP contribution in [0.2, 0.25) is 0 Å². The molecule has 0 aromatic carbocycles. The number of nitrogens with one attached hydrogen (secondary N) is 3. The standard InChI is InChI=1S/B3H3N3/c1-4-2-6-3-5-1/h4-6H/q+3. The van der Waals surface area contributed by atoms with Crippen LogP contribution in [0.1, 0.15) is 0 Å². The molecular weight excluding hydrogens is 74.5 g/mol. The van der Waals surface area contributed by atoms with Crippen molar-refractivity contribution in [3.63, 3.8) is 0 Å². The van der Waals surface area contributed by atoms with Gasteiger partial charge < -0.3 is 0 Å². The molecule has 1 rings (SSSR count). The second kappa shape index (κ2) is 1.90. The molecule has 24 valence electrons. The third kappa shape index (κ3) is 0.773. The molecule has 0 unspecified atom stereocenters. The maximum absolute atomic E-state index is 2.78. The number of aromatic nitrogens is 3. The van der Waals surface area contributed by atoms with Crippen molar-refractivity contribution < 1.29 is 14.4 Å². The second-order valence-corrected chi connectivity index (χ2v) is 0.933. The first-order valence-corrected chi connectivity index (χ1v) is 1.73. The van der Waals surface area contributed by atoms with Gasteiger partial charge in [0.05, 0.1) is 0 Å². The van der Waals surface area contributed by atoms with Crippen LogP contribution < -0.4 is 14.4 Å². The van der Waals surface area contributed by atoms with Crippen LogP contribution in [-0.2, 0) is 0 Å². The van der Waals surface area contributed by atoms with Gasteiger partial charge in [-0.15, -0.1) is 0 Å². The van der Waals surface area contributed by atoms with Gasteiger partial charge in [0, 0.05) is 0 Å². The van der Waals surface area contributed by atoms with Crippen molar-refractivity contribution in [1.29, 1.82) is 0 Å². The Hall–Kier alpha value is -0.405. The monoisotopic (exact) mass is 78.1 g/mol. The summed E-state index contributed by atoms with van der Waals surface area (Å²) in [4.78, 5) is 8.34. The molecule has 3 N–H and O–H groups in total.